The molecule has 0 rings (SSSR count). The highest BCUT2D eigenvalue weighted by atomic mass is 32.1. The Hall–Kier alpha value is 0.890. The molecule has 128 valence electrons. The Balaban J connectivity index is 4.08. The minimum Gasteiger partial charge on any atom is -0.376 e. The first-order chi connectivity index (χ1) is 10.2. The van der Waals surface area contributed by atoms with Crippen molar-refractivity contribution in [3.05, 3.63) is 0 Å². The van der Waals surface area contributed by atoms with E-state index in [9.17, 15) is 5.11 Å². The molecule has 7 heteroatoms. The summed E-state index contributed by atoms with van der Waals surface area (Å²) in [6, 6.07) is 0. The lowest BCUT2D eigenvalue weighted by molar-refractivity contribution is -0.139. The van der Waals surface area contributed by atoms with E-state index in [-0.39, 0.29) is 12.2 Å². The lowest BCUT2D eigenvalue weighted by atomic mass is 10.2. The number of ether oxygens (including phenoxy) is 3. The number of aliphatic hydroxyl groups excluding tert-OH is 1. The summed E-state index contributed by atoms with van der Waals surface area (Å²) in [6.07, 6.45) is 2.34. The van der Waals surface area contributed by atoms with Gasteiger partial charge in [-0.25, -0.2) is 0 Å². The van der Waals surface area contributed by atoms with E-state index < -0.39 is 6.29 Å². The van der Waals surface area contributed by atoms with Crippen molar-refractivity contribution in [3.8, 4) is 0 Å². The molecular weight excluding hydrogens is 328 g/mol. The summed E-state index contributed by atoms with van der Waals surface area (Å²) in [5.41, 5.74) is 0. The van der Waals surface area contributed by atoms with Crippen molar-refractivity contribution in [2.45, 2.75) is 51.1 Å². The summed E-state index contributed by atoms with van der Waals surface area (Å²) in [7, 11) is 0. The summed E-state index contributed by atoms with van der Waals surface area (Å²) in [4.78, 5) is 0. The maximum atomic E-state index is 9.56. The minimum atomic E-state index is -0.780. The molecule has 0 fully saturated rings. The first-order valence-corrected chi connectivity index (χ1v) is 9.43. The van der Waals surface area contributed by atoms with Gasteiger partial charge in [0, 0.05) is 13.0 Å². The average Bonchev–Trinajstić information content (AvgIpc) is 2.47. The topological polar surface area (TPSA) is 47.9 Å². The molecule has 0 aliphatic heterocycles. The molecule has 1 N–H and O–H groups in total. The summed E-state index contributed by atoms with van der Waals surface area (Å²) in [6.45, 7) is 3.69. The third-order valence-corrected chi connectivity index (χ3v) is 3.60. The number of aliphatic hydroxyl groups is 1. The molecule has 0 aromatic rings. The number of hydrogen-bond donors (Lipinski definition) is 4. The van der Waals surface area contributed by atoms with Gasteiger partial charge in [-0.1, -0.05) is 6.92 Å². The normalized spacial score (nSPS) is 15.9. The molecule has 3 unspecified atom stereocenters. The van der Waals surface area contributed by atoms with Crippen molar-refractivity contribution in [3.63, 3.8) is 0 Å². The lowest BCUT2D eigenvalue weighted by Crippen LogP contribution is -2.30. The summed E-state index contributed by atoms with van der Waals surface area (Å²) in [5.74, 6) is 2.07. The summed E-state index contributed by atoms with van der Waals surface area (Å²) in [5, 5.41) is 9.56. The number of thiol groups is 3. The van der Waals surface area contributed by atoms with Gasteiger partial charge in [-0.15, -0.1) is 0 Å². The molecular formula is C14H30O4S3. The largest absolute Gasteiger partial charge is 0.376 e. The zero-order valence-corrected chi connectivity index (χ0v) is 15.5. The fraction of sp³-hybridized carbons (Fsp3) is 1.00. The van der Waals surface area contributed by atoms with Crippen molar-refractivity contribution in [1.82, 2.24) is 0 Å². The third-order valence-electron chi connectivity index (χ3n) is 2.83. The van der Waals surface area contributed by atoms with Crippen LogP contribution in [0.5, 0.6) is 0 Å². The molecule has 0 aliphatic rings. The van der Waals surface area contributed by atoms with Crippen LogP contribution in [0, 0.1) is 0 Å². The summed E-state index contributed by atoms with van der Waals surface area (Å²) < 4.78 is 17.0. The first-order valence-electron chi connectivity index (χ1n) is 7.53. The predicted octanol–water partition coefficient (Wildman–Crippen LogP) is 2.46. The molecule has 0 aromatic carbocycles. The highest BCUT2D eigenvalue weighted by Crippen LogP contribution is 2.09. The van der Waals surface area contributed by atoms with E-state index in [1.807, 2.05) is 0 Å². The van der Waals surface area contributed by atoms with Crippen molar-refractivity contribution in [2.75, 3.05) is 37.1 Å². The quantitative estimate of drug-likeness (QED) is 0.268. The Bertz CT molecular complexity index is 222. The van der Waals surface area contributed by atoms with Crippen LogP contribution < -0.4 is 0 Å². The van der Waals surface area contributed by atoms with Crippen molar-refractivity contribution in [2.24, 2.45) is 0 Å². The molecule has 3 atom stereocenters. The summed E-state index contributed by atoms with van der Waals surface area (Å²) >= 11 is 12.5. The van der Waals surface area contributed by atoms with Gasteiger partial charge in [-0.3, -0.25) is 0 Å². The number of rotatable bonds is 15. The standard InChI is InChI=1S/C14H30O4S3/c1-2-6-16-12(3-7-19)10-17-13(4-8-20)11-18-14(15)5-9-21/h12-15,19-21H,2-11H2,1H3. The van der Waals surface area contributed by atoms with E-state index >= 15 is 0 Å². The van der Waals surface area contributed by atoms with Crippen molar-refractivity contribution >= 4 is 37.9 Å². The van der Waals surface area contributed by atoms with Gasteiger partial charge >= 0.3 is 0 Å². The Morgan fingerprint density at radius 1 is 0.810 bits per heavy atom. The second-order valence-corrected chi connectivity index (χ2v) is 6.11. The van der Waals surface area contributed by atoms with E-state index in [1.54, 1.807) is 0 Å². The van der Waals surface area contributed by atoms with Gasteiger partial charge in [-0.2, -0.15) is 37.9 Å². The Morgan fingerprint density at radius 2 is 1.33 bits per heavy atom. The van der Waals surface area contributed by atoms with Gasteiger partial charge in [0.25, 0.3) is 0 Å². The smallest absolute Gasteiger partial charge is 0.155 e. The predicted molar refractivity (Wildman–Crippen MR) is 97.1 cm³/mol. The van der Waals surface area contributed by atoms with E-state index in [2.05, 4.69) is 44.8 Å². The zero-order valence-electron chi connectivity index (χ0n) is 12.8. The number of hydrogen-bond acceptors (Lipinski definition) is 7. The maximum absolute atomic E-state index is 9.56. The van der Waals surface area contributed by atoms with Crippen LogP contribution in [0.25, 0.3) is 0 Å². The Labute approximate surface area is 145 Å². The molecule has 0 radical (unpaired) electrons. The van der Waals surface area contributed by atoms with E-state index in [4.69, 9.17) is 14.2 Å². The van der Waals surface area contributed by atoms with Crippen LogP contribution in [-0.4, -0.2) is 60.7 Å². The molecule has 0 amide bonds. The monoisotopic (exact) mass is 358 g/mol. The molecule has 0 saturated carbocycles. The van der Waals surface area contributed by atoms with Gasteiger partial charge in [-0.05, 0) is 36.5 Å². The van der Waals surface area contributed by atoms with Crippen molar-refractivity contribution < 1.29 is 19.3 Å². The molecule has 0 aromatic heterocycles. The molecule has 0 aliphatic carbocycles. The second kappa shape index (κ2) is 15.8. The van der Waals surface area contributed by atoms with Crippen LogP contribution in [0.3, 0.4) is 0 Å². The van der Waals surface area contributed by atoms with Crippen LogP contribution in [0.1, 0.15) is 32.6 Å². The molecule has 0 heterocycles. The first kappa shape index (κ1) is 21.9. The third kappa shape index (κ3) is 13.1. The molecule has 21 heavy (non-hydrogen) atoms. The van der Waals surface area contributed by atoms with Gasteiger partial charge in [0.05, 0.1) is 25.4 Å². The van der Waals surface area contributed by atoms with Gasteiger partial charge in [0.15, 0.2) is 6.29 Å². The lowest BCUT2D eigenvalue weighted by Gasteiger charge is -2.23. The maximum Gasteiger partial charge on any atom is 0.155 e. The molecule has 0 bridgehead atoms. The van der Waals surface area contributed by atoms with Crippen LogP contribution in [0.15, 0.2) is 0 Å². The molecule has 0 saturated heterocycles. The van der Waals surface area contributed by atoms with E-state index in [0.29, 0.717) is 31.1 Å². The van der Waals surface area contributed by atoms with Gasteiger partial charge in [0.1, 0.15) is 0 Å². The highest BCUT2D eigenvalue weighted by molar-refractivity contribution is 7.80. The molecule has 0 spiro atoms. The Morgan fingerprint density at radius 3 is 1.86 bits per heavy atom. The van der Waals surface area contributed by atoms with E-state index in [1.165, 1.54) is 0 Å². The fourth-order valence-electron chi connectivity index (χ4n) is 1.66. The zero-order chi connectivity index (χ0) is 15.9. The average molecular weight is 359 g/mol. The van der Waals surface area contributed by atoms with Gasteiger partial charge < -0.3 is 19.3 Å². The highest BCUT2D eigenvalue weighted by Gasteiger charge is 2.15. The van der Waals surface area contributed by atoms with Crippen LogP contribution in [-0.2, 0) is 14.2 Å². The second-order valence-electron chi connectivity index (χ2n) is 4.77. The fourth-order valence-corrected chi connectivity index (χ4v) is 2.45. The van der Waals surface area contributed by atoms with Crippen molar-refractivity contribution in [1.29, 1.82) is 0 Å². The minimum absolute atomic E-state index is 0.0623. The van der Waals surface area contributed by atoms with Crippen LogP contribution >= 0.6 is 37.9 Å². The van der Waals surface area contributed by atoms with Crippen LogP contribution in [0.4, 0.5) is 0 Å². The van der Waals surface area contributed by atoms with Gasteiger partial charge in [0.2, 0.25) is 0 Å². The van der Waals surface area contributed by atoms with Crippen LogP contribution in [0.2, 0.25) is 0 Å². The molecule has 4 nitrogen and oxygen atoms in total. The Kier molecular flexibility index (Phi) is 16.4. The SMILES string of the molecule is CCCOC(CCS)COC(CCS)COC(O)CCS. The van der Waals surface area contributed by atoms with E-state index in [0.717, 1.165) is 31.6 Å².